The number of likely N-dealkylation sites (tertiary alicyclic amines) is 1. The zero-order chi connectivity index (χ0) is 16.1. The largest absolute Gasteiger partial charge is 0.366 e. The maximum atomic E-state index is 12.7. The van der Waals surface area contributed by atoms with Gasteiger partial charge in [0, 0.05) is 49.8 Å². The Morgan fingerprint density at radius 2 is 1.65 bits per heavy atom. The van der Waals surface area contributed by atoms with Gasteiger partial charge in [-0.2, -0.15) is 0 Å². The van der Waals surface area contributed by atoms with E-state index in [1.807, 2.05) is 42.1 Å². The molecule has 3 heterocycles. The summed E-state index contributed by atoms with van der Waals surface area (Å²) in [5.74, 6) is -0.381. The number of hydrogen-bond acceptors (Lipinski definition) is 3. The van der Waals surface area contributed by atoms with Crippen LogP contribution in [0.5, 0.6) is 0 Å². The molecule has 2 aromatic rings. The number of amides is 2. The normalized spacial score (nSPS) is 18.9. The highest BCUT2D eigenvalue weighted by Crippen LogP contribution is 2.36. The van der Waals surface area contributed by atoms with Crippen LogP contribution in [0.25, 0.3) is 16.5 Å². The Morgan fingerprint density at radius 1 is 0.957 bits per heavy atom. The van der Waals surface area contributed by atoms with Crippen LogP contribution < -0.4 is 0 Å². The molecule has 118 valence electrons. The minimum atomic E-state index is -0.201. The van der Waals surface area contributed by atoms with Crippen LogP contribution in [0.1, 0.15) is 18.4 Å². The van der Waals surface area contributed by atoms with Crippen LogP contribution in [-0.2, 0) is 16.6 Å². The van der Waals surface area contributed by atoms with Crippen molar-refractivity contribution >= 4 is 28.3 Å². The molecule has 5 heteroatoms. The lowest BCUT2D eigenvalue weighted by Crippen LogP contribution is -2.31. The van der Waals surface area contributed by atoms with Gasteiger partial charge in [-0.1, -0.05) is 18.2 Å². The Labute approximate surface area is 134 Å². The van der Waals surface area contributed by atoms with Gasteiger partial charge in [0.15, 0.2) is 0 Å². The fourth-order valence-electron chi connectivity index (χ4n) is 3.64. The molecule has 0 bridgehead atoms. The third-order valence-electron chi connectivity index (χ3n) is 4.85. The van der Waals surface area contributed by atoms with E-state index < -0.39 is 0 Å². The Kier molecular flexibility index (Phi) is 3.04. The van der Waals surface area contributed by atoms with Crippen LogP contribution >= 0.6 is 0 Å². The highest BCUT2D eigenvalue weighted by Gasteiger charge is 2.40. The molecule has 0 saturated carbocycles. The van der Waals surface area contributed by atoms with Crippen molar-refractivity contribution in [3.63, 3.8) is 0 Å². The second-order valence-corrected chi connectivity index (χ2v) is 6.26. The number of carbonyl (C=O) groups excluding carboxylic acids is 2. The van der Waals surface area contributed by atoms with Gasteiger partial charge in [-0.15, -0.1) is 0 Å². The van der Waals surface area contributed by atoms with Crippen molar-refractivity contribution in [2.24, 2.45) is 7.05 Å². The molecular formula is C18H19N3O2. The van der Waals surface area contributed by atoms with Crippen molar-refractivity contribution in [2.75, 3.05) is 20.1 Å². The monoisotopic (exact) mass is 309 g/mol. The van der Waals surface area contributed by atoms with Crippen LogP contribution in [0.2, 0.25) is 0 Å². The number of likely N-dealkylation sites (N-methyl/N-ethyl adjacent to an activating group) is 1. The Morgan fingerprint density at radius 3 is 2.39 bits per heavy atom. The summed E-state index contributed by atoms with van der Waals surface area (Å²) in [4.78, 5) is 28.7. The molecule has 0 aliphatic carbocycles. The van der Waals surface area contributed by atoms with Gasteiger partial charge in [0.25, 0.3) is 11.8 Å². The van der Waals surface area contributed by atoms with Gasteiger partial charge < -0.3 is 9.47 Å². The van der Waals surface area contributed by atoms with Crippen LogP contribution in [0.15, 0.2) is 36.2 Å². The molecule has 0 radical (unpaired) electrons. The van der Waals surface area contributed by atoms with E-state index in [2.05, 4.69) is 4.90 Å². The molecular weight excluding hydrogens is 290 g/mol. The Hall–Kier alpha value is -2.56. The molecule has 1 aromatic carbocycles. The van der Waals surface area contributed by atoms with Gasteiger partial charge in [-0.3, -0.25) is 14.5 Å². The summed E-state index contributed by atoms with van der Waals surface area (Å²) in [6.45, 7) is 1.69. The summed E-state index contributed by atoms with van der Waals surface area (Å²) in [5.41, 5.74) is 3.04. The lowest BCUT2D eigenvalue weighted by atomic mass is 10.0. The average molecular weight is 309 g/mol. The number of aromatic nitrogens is 1. The molecule has 1 fully saturated rings. The van der Waals surface area contributed by atoms with E-state index in [1.165, 1.54) is 4.90 Å². The van der Waals surface area contributed by atoms with E-state index in [0.29, 0.717) is 11.3 Å². The second-order valence-electron chi connectivity index (χ2n) is 6.26. The van der Waals surface area contributed by atoms with E-state index in [4.69, 9.17) is 0 Å². The third kappa shape index (κ3) is 1.92. The van der Waals surface area contributed by atoms with Gasteiger partial charge >= 0.3 is 0 Å². The predicted octanol–water partition coefficient (Wildman–Crippen LogP) is 1.98. The number of rotatable bonds is 2. The quantitative estimate of drug-likeness (QED) is 0.797. The summed E-state index contributed by atoms with van der Waals surface area (Å²) in [6, 6.07) is 7.98. The molecule has 0 atom stereocenters. The molecule has 1 saturated heterocycles. The smallest absolute Gasteiger partial charge is 0.277 e. The average Bonchev–Trinajstić information content (AvgIpc) is 3.24. The van der Waals surface area contributed by atoms with Crippen LogP contribution in [0, 0.1) is 0 Å². The number of aryl methyl sites for hydroxylation is 1. The first kappa shape index (κ1) is 14.1. The van der Waals surface area contributed by atoms with Crippen LogP contribution in [-0.4, -0.2) is 46.3 Å². The van der Waals surface area contributed by atoms with E-state index in [-0.39, 0.29) is 11.8 Å². The van der Waals surface area contributed by atoms with Crippen molar-refractivity contribution in [3.8, 4) is 0 Å². The predicted molar refractivity (Wildman–Crippen MR) is 88.4 cm³/mol. The molecule has 0 unspecified atom stereocenters. The standard InChI is InChI=1S/C18H19N3O2/c1-19-11-13(12-7-3-4-8-14(12)19)15-16(21-9-5-6-10-21)18(23)20(2)17(15)22/h3-4,7-8,11H,5-6,9-10H2,1-2H3. The number of fused-ring (bicyclic) bond motifs is 1. The summed E-state index contributed by atoms with van der Waals surface area (Å²) >= 11 is 0. The molecule has 4 rings (SSSR count). The maximum absolute atomic E-state index is 12.7. The van der Waals surface area contributed by atoms with Crippen molar-refractivity contribution in [3.05, 3.63) is 41.7 Å². The van der Waals surface area contributed by atoms with Crippen LogP contribution in [0.4, 0.5) is 0 Å². The maximum Gasteiger partial charge on any atom is 0.277 e. The Balaban J connectivity index is 1.98. The molecule has 2 aliphatic rings. The summed E-state index contributed by atoms with van der Waals surface area (Å²) < 4.78 is 2.01. The summed E-state index contributed by atoms with van der Waals surface area (Å²) in [7, 11) is 3.53. The number of nitrogens with zero attached hydrogens (tertiary/aromatic N) is 3. The minimum Gasteiger partial charge on any atom is -0.366 e. The zero-order valence-corrected chi connectivity index (χ0v) is 13.4. The zero-order valence-electron chi connectivity index (χ0n) is 13.4. The lowest BCUT2D eigenvalue weighted by Gasteiger charge is -2.18. The molecule has 0 N–H and O–H groups in total. The van der Waals surface area contributed by atoms with E-state index in [0.717, 1.165) is 42.4 Å². The molecule has 23 heavy (non-hydrogen) atoms. The minimum absolute atomic E-state index is 0.181. The third-order valence-corrected chi connectivity index (χ3v) is 4.85. The van der Waals surface area contributed by atoms with E-state index in [1.54, 1.807) is 7.05 Å². The number of benzene rings is 1. The topological polar surface area (TPSA) is 45.6 Å². The van der Waals surface area contributed by atoms with Gasteiger partial charge in [0.2, 0.25) is 0 Å². The fraction of sp³-hybridized carbons (Fsp3) is 0.333. The fourth-order valence-corrected chi connectivity index (χ4v) is 3.64. The van der Waals surface area contributed by atoms with Crippen LogP contribution in [0.3, 0.4) is 0 Å². The first-order chi connectivity index (χ1) is 11.1. The van der Waals surface area contributed by atoms with E-state index in [9.17, 15) is 9.59 Å². The van der Waals surface area contributed by atoms with E-state index >= 15 is 0 Å². The van der Waals surface area contributed by atoms with Gasteiger partial charge in [0.05, 0.1) is 5.57 Å². The highest BCUT2D eigenvalue weighted by molar-refractivity contribution is 6.36. The summed E-state index contributed by atoms with van der Waals surface area (Å²) in [6.07, 6.45) is 4.09. The number of hydrogen-bond donors (Lipinski definition) is 0. The molecule has 2 amide bonds. The molecule has 1 aromatic heterocycles. The number of para-hydroxylation sites is 1. The van der Waals surface area contributed by atoms with Crippen molar-refractivity contribution < 1.29 is 9.59 Å². The SMILES string of the molecule is CN1C(=O)C(c2cn(C)c3ccccc23)=C(N2CCCC2)C1=O. The molecule has 2 aliphatic heterocycles. The highest BCUT2D eigenvalue weighted by atomic mass is 16.2. The first-order valence-corrected chi connectivity index (χ1v) is 7.95. The first-order valence-electron chi connectivity index (χ1n) is 7.95. The number of imide groups is 1. The van der Waals surface area contributed by atoms with Crippen molar-refractivity contribution in [2.45, 2.75) is 12.8 Å². The van der Waals surface area contributed by atoms with Crippen molar-refractivity contribution in [1.29, 1.82) is 0 Å². The van der Waals surface area contributed by atoms with Crippen molar-refractivity contribution in [1.82, 2.24) is 14.4 Å². The van der Waals surface area contributed by atoms with Gasteiger partial charge in [-0.05, 0) is 18.9 Å². The lowest BCUT2D eigenvalue weighted by molar-refractivity contribution is -0.135. The van der Waals surface area contributed by atoms with Gasteiger partial charge in [0.1, 0.15) is 5.70 Å². The summed E-state index contributed by atoms with van der Waals surface area (Å²) in [5, 5.41) is 1.01. The molecule has 5 nitrogen and oxygen atoms in total. The van der Waals surface area contributed by atoms with Gasteiger partial charge in [-0.25, -0.2) is 0 Å². The Bertz CT molecular complexity index is 856. The molecule has 0 spiro atoms. The number of carbonyl (C=O) groups is 2. The second kappa shape index (κ2) is 4.98.